The molecule has 1 aliphatic rings. The number of nitrogens with zero attached hydrogens (tertiary/aromatic N) is 3. The van der Waals surface area contributed by atoms with E-state index in [9.17, 15) is 4.79 Å². The summed E-state index contributed by atoms with van der Waals surface area (Å²) in [6, 6.07) is 0. The molecule has 0 radical (unpaired) electrons. The number of aryl methyl sites for hydroxylation is 2. The van der Waals surface area contributed by atoms with Crippen molar-refractivity contribution in [3.05, 3.63) is 17.1 Å². The molecule has 90 valence electrons. The van der Waals surface area contributed by atoms with Crippen LogP contribution in [0, 0.1) is 13.8 Å². The summed E-state index contributed by atoms with van der Waals surface area (Å²) in [4.78, 5) is 24.1. The van der Waals surface area contributed by atoms with E-state index in [0.29, 0.717) is 18.2 Å². The molecule has 0 aromatic carbocycles. The molecule has 1 aromatic rings. The maximum Gasteiger partial charge on any atom is 0.280 e. The molecule has 1 aliphatic heterocycles. The third-order valence-corrected chi connectivity index (χ3v) is 2.46. The summed E-state index contributed by atoms with van der Waals surface area (Å²) in [7, 11) is 0. The van der Waals surface area contributed by atoms with Crippen molar-refractivity contribution in [1.82, 2.24) is 20.6 Å². The Hall–Kier alpha value is -2.18. The highest BCUT2D eigenvalue weighted by molar-refractivity contribution is 6.07. The first-order valence-corrected chi connectivity index (χ1v) is 5.28. The van der Waals surface area contributed by atoms with E-state index < -0.39 is 5.91 Å². The van der Waals surface area contributed by atoms with Gasteiger partial charge in [-0.05, 0) is 13.8 Å². The zero-order valence-electron chi connectivity index (χ0n) is 9.74. The number of aliphatic imine (C=N–C) groups is 1. The average Bonchev–Trinajstić information content (AvgIpc) is 2.76. The Morgan fingerprint density at radius 1 is 1.35 bits per heavy atom. The molecule has 0 aliphatic carbocycles. The fraction of sp³-hybridized carbons (Fsp3) is 0.400. The second-order valence-electron chi connectivity index (χ2n) is 3.74. The normalized spacial score (nSPS) is 14.1. The highest BCUT2D eigenvalue weighted by Crippen LogP contribution is 2.09. The number of nitrogen functional groups attached to an aromatic ring is 1. The molecule has 0 spiro atoms. The van der Waals surface area contributed by atoms with Gasteiger partial charge in [0.25, 0.3) is 5.91 Å². The Balaban J connectivity index is 2.21. The Morgan fingerprint density at radius 3 is 2.71 bits per heavy atom. The number of carbonyl (C=O) groups excluding carboxylic acids is 1. The van der Waals surface area contributed by atoms with Crippen molar-refractivity contribution >= 4 is 17.7 Å². The van der Waals surface area contributed by atoms with Crippen molar-refractivity contribution in [3.8, 4) is 0 Å². The number of aromatic nitrogens is 2. The molecule has 0 bridgehead atoms. The fourth-order valence-corrected chi connectivity index (χ4v) is 1.44. The van der Waals surface area contributed by atoms with Crippen LogP contribution in [0.1, 0.15) is 21.9 Å². The lowest BCUT2D eigenvalue weighted by Gasteiger charge is -2.08. The van der Waals surface area contributed by atoms with Gasteiger partial charge >= 0.3 is 0 Å². The van der Waals surface area contributed by atoms with Crippen LogP contribution in [0.2, 0.25) is 0 Å². The summed E-state index contributed by atoms with van der Waals surface area (Å²) in [5.41, 5.74) is 7.20. The SMILES string of the molecule is Cc1nc(N)c(C(=O)NC2=NCCN2)nc1C. The summed E-state index contributed by atoms with van der Waals surface area (Å²) in [5.74, 6) is 0.185. The van der Waals surface area contributed by atoms with Crippen LogP contribution < -0.4 is 16.4 Å². The second kappa shape index (κ2) is 4.36. The van der Waals surface area contributed by atoms with Crippen LogP contribution in [0.4, 0.5) is 5.82 Å². The van der Waals surface area contributed by atoms with E-state index in [0.717, 1.165) is 12.2 Å². The minimum absolute atomic E-state index is 0.129. The van der Waals surface area contributed by atoms with Gasteiger partial charge in [-0.3, -0.25) is 15.1 Å². The molecule has 7 heteroatoms. The molecule has 0 saturated heterocycles. The van der Waals surface area contributed by atoms with Gasteiger partial charge in [0.2, 0.25) is 0 Å². The van der Waals surface area contributed by atoms with E-state index in [2.05, 4.69) is 25.6 Å². The lowest BCUT2D eigenvalue weighted by Crippen LogP contribution is -2.39. The summed E-state index contributed by atoms with van der Waals surface area (Å²) in [5, 5.41) is 5.53. The standard InChI is InChI=1S/C10H14N6O/c1-5-6(2)15-8(11)7(14-5)9(17)16-10-12-3-4-13-10/h3-4H2,1-2H3,(H2,11,15)(H2,12,13,16,17). The summed E-state index contributed by atoms with van der Waals surface area (Å²) >= 11 is 0. The van der Waals surface area contributed by atoms with E-state index in [1.165, 1.54) is 0 Å². The van der Waals surface area contributed by atoms with Gasteiger partial charge in [-0.1, -0.05) is 0 Å². The van der Waals surface area contributed by atoms with Gasteiger partial charge in [-0.2, -0.15) is 0 Å². The first-order chi connectivity index (χ1) is 8.08. The zero-order chi connectivity index (χ0) is 12.4. The van der Waals surface area contributed by atoms with Gasteiger partial charge in [0.15, 0.2) is 17.5 Å². The van der Waals surface area contributed by atoms with Crippen LogP contribution in [0.15, 0.2) is 4.99 Å². The quantitative estimate of drug-likeness (QED) is 0.599. The van der Waals surface area contributed by atoms with Crippen LogP contribution in [0.5, 0.6) is 0 Å². The predicted molar refractivity (Wildman–Crippen MR) is 63.7 cm³/mol. The number of amides is 1. The van der Waals surface area contributed by atoms with Crippen LogP contribution in [0.25, 0.3) is 0 Å². The predicted octanol–water partition coefficient (Wildman–Crippen LogP) is -0.635. The summed E-state index contributed by atoms with van der Waals surface area (Å²) < 4.78 is 0. The summed E-state index contributed by atoms with van der Waals surface area (Å²) in [6.07, 6.45) is 0. The Labute approximate surface area is 98.6 Å². The first-order valence-electron chi connectivity index (χ1n) is 5.28. The van der Waals surface area contributed by atoms with Gasteiger partial charge in [0, 0.05) is 6.54 Å². The highest BCUT2D eigenvalue weighted by atomic mass is 16.2. The molecule has 4 N–H and O–H groups in total. The third kappa shape index (κ3) is 2.32. The molecule has 2 heterocycles. The van der Waals surface area contributed by atoms with E-state index in [-0.39, 0.29) is 11.5 Å². The van der Waals surface area contributed by atoms with Gasteiger partial charge in [-0.15, -0.1) is 0 Å². The topological polar surface area (TPSA) is 105 Å². The van der Waals surface area contributed by atoms with E-state index in [1.54, 1.807) is 13.8 Å². The molecule has 7 nitrogen and oxygen atoms in total. The third-order valence-electron chi connectivity index (χ3n) is 2.46. The Kier molecular flexibility index (Phi) is 2.90. The maximum absolute atomic E-state index is 11.9. The molecular formula is C10H14N6O. The minimum Gasteiger partial charge on any atom is -0.382 e. The number of hydrogen-bond acceptors (Lipinski definition) is 6. The largest absolute Gasteiger partial charge is 0.382 e. The molecule has 2 rings (SSSR count). The number of anilines is 1. The lowest BCUT2D eigenvalue weighted by molar-refractivity contribution is 0.0971. The van der Waals surface area contributed by atoms with Gasteiger partial charge < -0.3 is 11.1 Å². The molecule has 17 heavy (non-hydrogen) atoms. The number of nitrogens with one attached hydrogen (secondary N) is 2. The number of guanidine groups is 1. The lowest BCUT2D eigenvalue weighted by atomic mass is 10.3. The number of carbonyl (C=O) groups is 1. The molecule has 0 atom stereocenters. The first kappa shape index (κ1) is 11.3. The molecule has 1 amide bonds. The van der Waals surface area contributed by atoms with Crippen molar-refractivity contribution in [3.63, 3.8) is 0 Å². The Bertz CT molecular complexity index is 496. The van der Waals surface area contributed by atoms with Crippen LogP contribution >= 0.6 is 0 Å². The monoisotopic (exact) mass is 234 g/mol. The number of rotatable bonds is 1. The number of hydrogen-bond donors (Lipinski definition) is 3. The van der Waals surface area contributed by atoms with Gasteiger partial charge in [0.05, 0.1) is 17.9 Å². The van der Waals surface area contributed by atoms with Crippen molar-refractivity contribution in [2.24, 2.45) is 4.99 Å². The average molecular weight is 234 g/mol. The van der Waals surface area contributed by atoms with Crippen LogP contribution in [-0.4, -0.2) is 34.9 Å². The van der Waals surface area contributed by atoms with Crippen LogP contribution in [-0.2, 0) is 0 Å². The molecule has 1 aromatic heterocycles. The molecule has 0 unspecified atom stereocenters. The second-order valence-corrected chi connectivity index (χ2v) is 3.74. The van der Waals surface area contributed by atoms with Gasteiger partial charge in [0.1, 0.15) is 0 Å². The smallest absolute Gasteiger partial charge is 0.280 e. The van der Waals surface area contributed by atoms with Crippen molar-refractivity contribution in [2.75, 3.05) is 18.8 Å². The van der Waals surface area contributed by atoms with E-state index in [4.69, 9.17) is 5.73 Å². The van der Waals surface area contributed by atoms with Crippen LogP contribution in [0.3, 0.4) is 0 Å². The van der Waals surface area contributed by atoms with E-state index in [1.807, 2.05) is 0 Å². The minimum atomic E-state index is -0.397. The van der Waals surface area contributed by atoms with Crippen molar-refractivity contribution in [1.29, 1.82) is 0 Å². The molecule has 0 fully saturated rings. The van der Waals surface area contributed by atoms with Crippen molar-refractivity contribution in [2.45, 2.75) is 13.8 Å². The van der Waals surface area contributed by atoms with Crippen molar-refractivity contribution < 1.29 is 4.79 Å². The molecular weight excluding hydrogens is 220 g/mol. The molecule has 0 saturated carbocycles. The maximum atomic E-state index is 11.9. The zero-order valence-corrected chi connectivity index (χ0v) is 9.74. The Morgan fingerprint density at radius 2 is 2.06 bits per heavy atom. The summed E-state index contributed by atoms with van der Waals surface area (Å²) in [6.45, 7) is 4.96. The van der Waals surface area contributed by atoms with E-state index >= 15 is 0 Å². The van der Waals surface area contributed by atoms with Gasteiger partial charge in [-0.25, -0.2) is 9.97 Å². The fourth-order valence-electron chi connectivity index (χ4n) is 1.44. The number of nitrogens with two attached hydrogens (primary N) is 1. The highest BCUT2D eigenvalue weighted by Gasteiger charge is 2.17.